The summed E-state index contributed by atoms with van der Waals surface area (Å²) in [7, 11) is 1.79. The van der Waals surface area contributed by atoms with Crippen LogP contribution in [-0.4, -0.2) is 30.4 Å². The highest BCUT2D eigenvalue weighted by atomic mass is 79.9. The van der Waals surface area contributed by atoms with Crippen LogP contribution in [0.1, 0.15) is 12.8 Å². The molecule has 1 saturated carbocycles. The zero-order chi connectivity index (χ0) is 12.4. The first-order valence-electron chi connectivity index (χ1n) is 5.53. The highest BCUT2D eigenvalue weighted by Gasteiger charge is 2.29. The van der Waals surface area contributed by atoms with Crippen LogP contribution in [0.4, 0.5) is 10.1 Å². The molecule has 0 heterocycles. The van der Waals surface area contributed by atoms with Crippen LogP contribution >= 0.6 is 15.9 Å². The van der Waals surface area contributed by atoms with Gasteiger partial charge < -0.3 is 10.2 Å². The summed E-state index contributed by atoms with van der Waals surface area (Å²) < 4.78 is 14.1. The molecular weight excluding hydrogens is 287 g/mol. The maximum atomic E-state index is 13.5. The number of likely N-dealkylation sites (N-methyl/N-ethyl adjacent to an activating group) is 1. The Bertz CT molecular complexity index is 414. The molecule has 0 aromatic heterocycles. The van der Waals surface area contributed by atoms with Gasteiger partial charge in [-0.05, 0) is 40.9 Å². The molecule has 2 rings (SSSR count). The van der Waals surface area contributed by atoms with Gasteiger partial charge >= 0.3 is 0 Å². The second kappa shape index (κ2) is 5.04. The van der Waals surface area contributed by atoms with Gasteiger partial charge in [0.05, 0.1) is 12.2 Å². The van der Waals surface area contributed by atoms with Crippen LogP contribution in [-0.2, 0) is 4.79 Å². The second-order valence-corrected chi connectivity index (χ2v) is 5.04. The van der Waals surface area contributed by atoms with Crippen molar-refractivity contribution in [3.05, 3.63) is 28.5 Å². The van der Waals surface area contributed by atoms with Crippen LogP contribution in [0.15, 0.2) is 22.7 Å². The lowest BCUT2D eigenvalue weighted by molar-refractivity contribution is -0.128. The molecule has 1 aromatic rings. The molecule has 1 aliphatic carbocycles. The largest absolute Gasteiger partial charge is 0.373 e. The number of halogens is 2. The van der Waals surface area contributed by atoms with E-state index in [2.05, 4.69) is 21.2 Å². The zero-order valence-corrected chi connectivity index (χ0v) is 11.1. The van der Waals surface area contributed by atoms with Crippen molar-refractivity contribution < 1.29 is 9.18 Å². The molecule has 1 aliphatic rings. The summed E-state index contributed by atoms with van der Waals surface area (Å²) in [5.41, 5.74) is 0.338. The van der Waals surface area contributed by atoms with Crippen LogP contribution < -0.4 is 5.32 Å². The number of nitrogens with zero attached hydrogens (tertiary/aromatic N) is 1. The molecule has 5 heteroatoms. The van der Waals surface area contributed by atoms with Crippen LogP contribution in [0.3, 0.4) is 0 Å². The smallest absolute Gasteiger partial charge is 0.241 e. The minimum absolute atomic E-state index is 0.0114. The lowest BCUT2D eigenvalue weighted by Crippen LogP contribution is -2.34. The molecule has 0 unspecified atom stereocenters. The third kappa shape index (κ3) is 2.97. The van der Waals surface area contributed by atoms with E-state index < -0.39 is 0 Å². The Kier molecular flexibility index (Phi) is 3.66. The molecule has 92 valence electrons. The van der Waals surface area contributed by atoms with Crippen molar-refractivity contribution in [3.63, 3.8) is 0 Å². The number of rotatable bonds is 4. The van der Waals surface area contributed by atoms with Crippen LogP contribution in [0.2, 0.25) is 0 Å². The molecule has 0 spiro atoms. The van der Waals surface area contributed by atoms with Gasteiger partial charge in [0.1, 0.15) is 5.82 Å². The average Bonchev–Trinajstić information content (AvgIpc) is 3.11. The minimum atomic E-state index is -0.360. The van der Waals surface area contributed by atoms with E-state index in [0.717, 1.165) is 12.8 Å². The summed E-state index contributed by atoms with van der Waals surface area (Å²) in [6, 6.07) is 5.10. The Morgan fingerprint density at radius 1 is 1.59 bits per heavy atom. The van der Waals surface area contributed by atoms with E-state index in [0.29, 0.717) is 16.2 Å². The van der Waals surface area contributed by atoms with Crippen molar-refractivity contribution in [3.8, 4) is 0 Å². The highest BCUT2D eigenvalue weighted by molar-refractivity contribution is 9.10. The molecule has 0 saturated heterocycles. The fourth-order valence-corrected chi connectivity index (χ4v) is 2.10. The van der Waals surface area contributed by atoms with E-state index in [4.69, 9.17) is 0 Å². The third-order valence-corrected chi connectivity index (χ3v) is 3.53. The van der Waals surface area contributed by atoms with E-state index in [1.54, 1.807) is 24.1 Å². The number of para-hydroxylation sites is 1. The minimum Gasteiger partial charge on any atom is -0.373 e. The molecule has 0 radical (unpaired) electrons. The summed E-state index contributed by atoms with van der Waals surface area (Å²) in [6.45, 7) is 0.118. The van der Waals surface area contributed by atoms with E-state index in [1.165, 1.54) is 6.07 Å². The average molecular weight is 301 g/mol. The SMILES string of the molecule is CN(C(=O)CNc1c(F)cccc1Br)C1CC1. The van der Waals surface area contributed by atoms with Crippen LogP contribution in [0.25, 0.3) is 0 Å². The van der Waals surface area contributed by atoms with Gasteiger partial charge in [-0.15, -0.1) is 0 Å². The molecule has 0 atom stereocenters. The first kappa shape index (κ1) is 12.4. The fourth-order valence-electron chi connectivity index (χ4n) is 1.62. The maximum absolute atomic E-state index is 13.5. The van der Waals surface area contributed by atoms with Gasteiger partial charge in [-0.25, -0.2) is 4.39 Å². The van der Waals surface area contributed by atoms with E-state index >= 15 is 0 Å². The summed E-state index contributed by atoms with van der Waals surface area (Å²) in [4.78, 5) is 13.5. The van der Waals surface area contributed by atoms with E-state index in [9.17, 15) is 9.18 Å². The van der Waals surface area contributed by atoms with Gasteiger partial charge in [0.2, 0.25) is 5.91 Å². The molecule has 0 bridgehead atoms. The third-order valence-electron chi connectivity index (χ3n) is 2.87. The molecule has 1 fully saturated rings. The number of carbonyl (C=O) groups is 1. The Labute approximate surface area is 108 Å². The summed E-state index contributed by atoms with van der Waals surface area (Å²) in [5.74, 6) is -0.371. The first-order chi connectivity index (χ1) is 8.09. The summed E-state index contributed by atoms with van der Waals surface area (Å²) in [6.07, 6.45) is 2.15. The maximum Gasteiger partial charge on any atom is 0.241 e. The predicted octanol–water partition coefficient (Wildman–Crippen LogP) is 2.62. The van der Waals surface area contributed by atoms with Crippen molar-refractivity contribution in [1.29, 1.82) is 0 Å². The molecule has 1 aromatic carbocycles. The van der Waals surface area contributed by atoms with Crippen molar-refractivity contribution in [2.24, 2.45) is 0 Å². The quantitative estimate of drug-likeness (QED) is 0.927. The Morgan fingerprint density at radius 3 is 2.88 bits per heavy atom. The Morgan fingerprint density at radius 2 is 2.29 bits per heavy atom. The van der Waals surface area contributed by atoms with Gasteiger partial charge in [0, 0.05) is 17.6 Å². The standard InChI is InChI=1S/C12H14BrFN2O/c1-16(8-5-6-8)11(17)7-15-12-9(13)3-2-4-10(12)14/h2-4,8,15H,5-7H2,1H3. The molecule has 0 aliphatic heterocycles. The molecule has 1 N–H and O–H groups in total. The first-order valence-corrected chi connectivity index (χ1v) is 6.32. The van der Waals surface area contributed by atoms with Gasteiger partial charge in [0.25, 0.3) is 0 Å². The number of nitrogens with one attached hydrogen (secondary N) is 1. The number of benzene rings is 1. The normalized spacial score (nSPS) is 14.5. The molecule has 1 amide bonds. The van der Waals surface area contributed by atoms with E-state index in [1.807, 2.05) is 0 Å². The molecule has 3 nitrogen and oxygen atoms in total. The number of hydrogen-bond donors (Lipinski definition) is 1. The number of amides is 1. The van der Waals surface area contributed by atoms with Crippen molar-refractivity contribution in [2.45, 2.75) is 18.9 Å². The van der Waals surface area contributed by atoms with Crippen molar-refractivity contribution in [2.75, 3.05) is 18.9 Å². The summed E-state index contributed by atoms with van der Waals surface area (Å²) >= 11 is 3.25. The molecule has 17 heavy (non-hydrogen) atoms. The van der Waals surface area contributed by atoms with Crippen molar-refractivity contribution in [1.82, 2.24) is 4.90 Å². The van der Waals surface area contributed by atoms with Crippen LogP contribution in [0.5, 0.6) is 0 Å². The van der Waals surface area contributed by atoms with Gasteiger partial charge in [-0.3, -0.25) is 4.79 Å². The second-order valence-electron chi connectivity index (χ2n) is 4.19. The fraction of sp³-hybridized carbons (Fsp3) is 0.417. The Hall–Kier alpha value is -1.10. The number of carbonyl (C=O) groups excluding carboxylic acids is 1. The van der Waals surface area contributed by atoms with E-state index in [-0.39, 0.29) is 18.3 Å². The Balaban J connectivity index is 1.95. The number of hydrogen-bond acceptors (Lipinski definition) is 2. The molecular formula is C12H14BrFN2O. The lowest BCUT2D eigenvalue weighted by atomic mass is 10.3. The van der Waals surface area contributed by atoms with Gasteiger partial charge in [-0.1, -0.05) is 6.07 Å². The zero-order valence-electron chi connectivity index (χ0n) is 9.54. The predicted molar refractivity (Wildman–Crippen MR) is 68.4 cm³/mol. The van der Waals surface area contributed by atoms with Gasteiger partial charge in [0.15, 0.2) is 0 Å². The van der Waals surface area contributed by atoms with Gasteiger partial charge in [-0.2, -0.15) is 0 Å². The van der Waals surface area contributed by atoms with Crippen LogP contribution in [0, 0.1) is 5.82 Å². The highest BCUT2D eigenvalue weighted by Crippen LogP contribution is 2.27. The summed E-state index contributed by atoms with van der Waals surface area (Å²) in [5, 5.41) is 2.83. The van der Waals surface area contributed by atoms with Crippen molar-refractivity contribution >= 4 is 27.5 Å². The monoisotopic (exact) mass is 300 g/mol. The topological polar surface area (TPSA) is 32.3 Å². The number of anilines is 1. The lowest BCUT2D eigenvalue weighted by Gasteiger charge is -2.17.